The summed E-state index contributed by atoms with van der Waals surface area (Å²) in [4.78, 5) is 37.5. The molecule has 1 aliphatic rings. The van der Waals surface area contributed by atoms with Gasteiger partial charge >= 0.3 is 17.9 Å². The molecule has 0 aromatic carbocycles. The van der Waals surface area contributed by atoms with Crippen molar-refractivity contribution in [1.82, 2.24) is 14.8 Å². The Morgan fingerprint density at radius 2 is 1.74 bits per heavy atom. The molecule has 10 nitrogen and oxygen atoms in total. The summed E-state index contributed by atoms with van der Waals surface area (Å²) in [6, 6.07) is 0. The fourth-order valence-electron chi connectivity index (χ4n) is 2.25. The first kappa shape index (κ1) is 16.9. The van der Waals surface area contributed by atoms with Gasteiger partial charge in [-0.25, -0.2) is 9.67 Å². The van der Waals surface area contributed by atoms with Crippen LogP contribution in [0.2, 0.25) is 0 Å². The molecule has 1 aliphatic heterocycles. The normalized spacial score (nSPS) is 26.6. The largest absolute Gasteiger partial charge is 0.463 e. The quantitative estimate of drug-likeness (QED) is 0.525. The van der Waals surface area contributed by atoms with E-state index in [1.165, 1.54) is 38.1 Å². The van der Waals surface area contributed by atoms with Crippen molar-refractivity contribution < 1.29 is 33.3 Å². The number of ether oxygens (including phenoxy) is 4. The number of carbonyl (C=O) groups excluding carboxylic acids is 3. The van der Waals surface area contributed by atoms with Crippen LogP contribution in [0.3, 0.4) is 0 Å². The number of hydrogen-bond donors (Lipinski definition) is 0. The molecule has 0 radical (unpaired) electrons. The molecule has 0 aliphatic carbocycles. The van der Waals surface area contributed by atoms with E-state index in [-0.39, 0.29) is 6.61 Å². The summed E-state index contributed by atoms with van der Waals surface area (Å²) in [5.41, 5.74) is 0. The van der Waals surface area contributed by atoms with Crippen molar-refractivity contribution in [2.75, 3.05) is 6.61 Å². The molecule has 1 fully saturated rings. The summed E-state index contributed by atoms with van der Waals surface area (Å²) in [5.74, 6) is -1.67. The molecule has 126 valence electrons. The Kier molecular flexibility index (Phi) is 5.27. The molecule has 2 rings (SSSR count). The highest BCUT2D eigenvalue weighted by atomic mass is 16.7. The Morgan fingerprint density at radius 1 is 1.09 bits per heavy atom. The molecular formula is C13H17N3O7. The van der Waals surface area contributed by atoms with Gasteiger partial charge in [-0.2, -0.15) is 5.10 Å². The number of aromatic nitrogens is 3. The fourth-order valence-corrected chi connectivity index (χ4v) is 2.25. The highest BCUT2D eigenvalue weighted by Gasteiger charge is 2.50. The molecule has 0 bridgehead atoms. The maximum absolute atomic E-state index is 11.4. The Bertz CT molecular complexity index is 574. The lowest BCUT2D eigenvalue weighted by molar-refractivity contribution is -0.166. The van der Waals surface area contributed by atoms with Crippen LogP contribution in [0.25, 0.3) is 0 Å². The molecule has 1 aromatic rings. The van der Waals surface area contributed by atoms with Crippen LogP contribution in [-0.4, -0.2) is 57.6 Å². The van der Waals surface area contributed by atoms with Gasteiger partial charge in [0, 0.05) is 20.8 Å². The number of esters is 3. The average molecular weight is 327 g/mol. The van der Waals surface area contributed by atoms with Crippen LogP contribution in [0, 0.1) is 0 Å². The van der Waals surface area contributed by atoms with E-state index >= 15 is 0 Å². The second-order valence-electron chi connectivity index (χ2n) is 4.89. The third-order valence-electron chi connectivity index (χ3n) is 3.04. The first-order valence-electron chi connectivity index (χ1n) is 6.86. The molecule has 0 amide bonds. The standard InChI is InChI=1S/C13H17N3O7/c1-7(17)20-4-10-11(21-8(2)18)12(22-9(3)19)13(23-10)16-6-14-5-15-16/h5-6,10-13H,4H2,1-3H3/t10-,11-,12-,13-/m0/s1. The first-order valence-corrected chi connectivity index (χ1v) is 6.86. The first-order chi connectivity index (χ1) is 10.9. The SMILES string of the molecule is CC(=O)OC[C@@H]1O[C@H](n2cncn2)[C@@H](OC(C)=O)[C@H]1OC(C)=O. The van der Waals surface area contributed by atoms with Crippen LogP contribution in [0.4, 0.5) is 0 Å². The van der Waals surface area contributed by atoms with Crippen molar-refractivity contribution in [3.05, 3.63) is 12.7 Å². The van der Waals surface area contributed by atoms with Gasteiger partial charge in [-0.05, 0) is 0 Å². The van der Waals surface area contributed by atoms with Gasteiger partial charge in [0.1, 0.15) is 25.4 Å². The van der Waals surface area contributed by atoms with E-state index in [2.05, 4.69) is 10.1 Å². The number of rotatable bonds is 5. The van der Waals surface area contributed by atoms with Crippen LogP contribution in [-0.2, 0) is 33.3 Å². The topological polar surface area (TPSA) is 119 Å². The molecular weight excluding hydrogens is 310 g/mol. The summed E-state index contributed by atoms with van der Waals surface area (Å²) in [6.07, 6.45) is -0.884. The number of nitrogens with zero attached hydrogens (tertiary/aromatic N) is 3. The average Bonchev–Trinajstić information content (AvgIpc) is 3.05. The minimum absolute atomic E-state index is 0.157. The minimum atomic E-state index is -0.946. The maximum atomic E-state index is 11.4. The molecule has 2 heterocycles. The summed E-state index contributed by atoms with van der Waals surface area (Å²) < 4.78 is 22.4. The van der Waals surface area contributed by atoms with Crippen LogP contribution in [0.15, 0.2) is 12.7 Å². The third kappa shape index (κ3) is 4.25. The Hall–Kier alpha value is -2.49. The minimum Gasteiger partial charge on any atom is -0.463 e. The molecule has 1 saturated heterocycles. The molecule has 0 saturated carbocycles. The van der Waals surface area contributed by atoms with Crippen LogP contribution in [0.1, 0.15) is 27.0 Å². The highest BCUT2D eigenvalue weighted by molar-refractivity contribution is 5.67. The van der Waals surface area contributed by atoms with E-state index in [1.54, 1.807) is 0 Å². The second kappa shape index (κ2) is 7.18. The van der Waals surface area contributed by atoms with Gasteiger partial charge in [0.05, 0.1) is 0 Å². The lowest BCUT2D eigenvalue weighted by atomic mass is 10.1. The van der Waals surface area contributed by atoms with Crippen LogP contribution in [0.5, 0.6) is 0 Å². The van der Waals surface area contributed by atoms with Gasteiger partial charge in [-0.1, -0.05) is 0 Å². The van der Waals surface area contributed by atoms with Crippen molar-refractivity contribution in [3.63, 3.8) is 0 Å². The van der Waals surface area contributed by atoms with E-state index in [4.69, 9.17) is 18.9 Å². The fraction of sp³-hybridized carbons (Fsp3) is 0.615. The summed E-state index contributed by atoms with van der Waals surface area (Å²) in [6.45, 7) is 3.53. The molecule has 0 N–H and O–H groups in total. The van der Waals surface area contributed by atoms with Crippen LogP contribution < -0.4 is 0 Å². The van der Waals surface area contributed by atoms with E-state index in [0.29, 0.717) is 0 Å². The van der Waals surface area contributed by atoms with E-state index in [0.717, 1.165) is 0 Å². The van der Waals surface area contributed by atoms with Gasteiger partial charge in [0.15, 0.2) is 18.4 Å². The van der Waals surface area contributed by atoms with Crippen molar-refractivity contribution >= 4 is 17.9 Å². The monoisotopic (exact) mass is 327 g/mol. The second-order valence-corrected chi connectivity index (χ2v) is 4.89. The smallest absolute Gasteiger partial charge is 0.303 e. The predicted molar refractivity (Wildman–Crippen MR) is 71.7 cm³/mol. The summed E-state index contributed by atoms with van der Waals surface area (Å²) >= 11 is 0. The molecule has 1 aromatic heterocycles. The zero-order chi connectivity index (χ0) is 17.0. The lowest BCUT2D eigenvalue weighted by Crippen LogP contribution is -2.40. The van der Waals surface area contributed by atoms with E-state index in [1.807, 2.05) is 0 Å². The molecule has 23 heavy (non-hydrogen) atoms. The maximum Gasteiger partial charge on any atom is 0.303 e. The highest BCUT2D eigenvalue weighted by Crippen LogP contribution is 2.33. The molecule has 4 atom stereocenters. The van der Waals surface area contributed by atoms with Gasteiger partial charge in [-0.15, -0.1) is 0 Å². The van der Waals surface area contributed by atoms with Crippen molar-refractivity contribution in [2.24, 2.45) is 0 Å². The van der Waals surface area contributed by atoms with E-state index in [9.17, 15) is 14.4 Å². The molecule has 0 unspecified atom stereocenters. The Balaban J connectivity index is 2.25. The zero-order valence-electron chi connectivity index (χ0n) is 12.9. The third-order valence-corrected chi connectivity index (χ3v) is 3.04. The number of hydrogen-bond acceptors (Lipinski definition) is 9. The predicted octanol–water partition coefficient (Wildman–Crippen LogP) is -0.398. The Labute approximate surface area is 131 Å². The molecule has 10 heteroatoms. The van der Waals surface area contributed by atoms with Crippen molar-refractivity contribution in [1.29, 1.82) is 0 Å². The van der Waals surface area contributed by atoms with E-state index < -0.39 is 42.4 Å². The van der Waals surface area contributed by atoms with Crippen molar-refractivity contribution in [2.45, 2.75) is 45.3 Å². The molecule has 0 spiro atoms. The van der Waals surface area contributed by atoms with Gasteiger partial charge in [0.2, 0.25) is 0 Å². The number of carbonyl (C=O) groups is 3. The zero-order valence-corrected chi connectivity index (χ0v) is 12.9. The van der Waals surface area contributed by atoms with Crippen LogP contribution >= 0.6 is 0 Å². The lowest BCUT2D eigenvalue weighted by Gasteiger charge is -2.23. The summed E-state index contributed by atoms with van der Waals surface area (Å²) in [7, 11) is 0. The van der Waals surface area contributed by atoms with Crippen molar-refractivity contribution in [3.8, 4) is 0 Å². The van der Waals surface area contributed by atoms with Gasteiger partial charge in [0.25, 0.3) is 0 Å². The van der Waals surface area contributed by atoms with Gasteiger partial charge in [-0.3, -0.25) is 14.4 Å². The van der Waals surface area contributed by atoms with Gasteiger partial charge < -0.3 is 18.9 Å². The Morgan fingerprint density at radius 3 is 2.26 bits per heavy atom. The summed E-state index contributed by atoms with van der Waals surface area (Å²) in [5, 5.41) is 3.94.